The van der Waals surface area contributed by atoms with Crippen LogP contribution in [0, 0.1) is 0 Å². The van der Waals surface area contributed by atoms with Crippen molar-refractivity contribution in [2.24, 2.45) is 0 Å². The first kappa shape index (κ1) is 26.2. The van der Waals surface area contributed by atoms with Crippen LogP contribution < -0.4 is 10.1 Å². The molecule has 0 radical (unpaired) electrons. The molecule has 3 aromatic carbocycles. The minimum Gasteiger partial charge on any atom is -0.482 e. The van der Waals surface area contributed by atoms with Crippen molar-refractivity contribution >= 4 is 35.0 Å². The molecule has 1 heterocycles. The third-order valence-corrected chi connectivity index (χ3v) is 6.20. The summed E-state index contributed by atoms with van der Waals surface area (Å²) in [6.45, 7) is 0.146. The SMILES string of the molecule is O=C(NCc1cccnc1)[C@H](c1ccccc1)N(Cc1ccc(Cl)cc1)C(=O)COc1ccccc1Cl. The predicted molar refractivity (Wildman–Crippen MR) is 144 cm³/mol. The molecule has 0 spiro atoms. The fraction of sp³-hybridized carbons (Fsp3) is 0.138. The first-order valence-corrected chi connectivity index (χ1v) is 12.4. The summed E-state index contributed by atoms with van der Waals surface area (Å²) in [5.41, 5.74) is 2.34. The highest BCUT2D eigenvalue weighted by Crippen LogP contribution is 2.27. The van der Waals surface area contributed by atoms with Crippen LogP contribution in [-0.4, -0.2) is 28.3 Å². The second-order valence-corrected chi connectivity index (χ2v) is 9.10. The number of carbonyl (C=O) groups is 2. The largest absolute Gasteiger partial charge is 0.482 e. The van der Waals surface area contributed by atoms with Gasteiger partial charge in [0.2, 0.25) is 5.91 Å². The highest BCUT2D eigenvalue weighted by molar-refractivity contribution is 6.32. The lowest BCUT2D eigenvalue weighted by Crippen LogP contribution is -2.45. The molecular formula is C29H25Cl2N3O3. The van der Waals surface area contributed by atoms with Gasteiger partial charge in [-0.2, -0.15) is 0 Å². The molecule has 4 rings (SSSR count). The van der Waals surface area contributed by atoms with Crippen molar-refractivity contribution < 1.29 is 14.3 Å². The van der Waals surface area contributed by atoms with E-state index in [9.17, 15) is 9.59 Å². The van der Waals surface area contributed by atoms with Gasteiger partial charge in [-0.15, -0.1) is 0 Å². The van der Waals surface area contributed by atoms with Crippen molar-refractivity contribution in [3.8, 4) is 5.75 Å². The number of carbonyl (C=O) groups excluding carboxylic acids is 2. The minimum atomic E-state index is -0.907. The van der Waals surface area contributed by atoms with Crippen molar-refractivity contribution in [3.05, 3.63) is 130 Å². The third-order valence-electron chi connectivity index (χ3n) is 5.64. The molecule has 0 aliphatic rings. The number of amides is 2. The number of para-hydroxylation sites is 1. The number of nitrogens with one attached hydrogen (secondary N) is 1. The highest BCUT2D eigenvalue weighted by Gasteiger charge is 2.32. The predicted octanol–water partition coefficient (Wildman–Crippen LogP) is 5.85. The van der Waals surface area contributed by atoms with Gasteiger partial charge in [0.15, 0.2) is 6.61 Å². The molecule has 1 atom stereocenters. The topological polar surface area (TPSA) is 71.5 Å². The maximum atomic E-state index is 13.6. The van der Waals surface area contributed by atoms with Gasteiger partial charge in [0.1, 0.15) is 11.8 Å². The minimum absolute atomic E-state index is 0.168. The normalized spacial score (nSPS) is 11.4. The van der Waals surface area contributed by atoms with E-state index in [1.165, 1.54) is 4.90 Å². The number of hydrogen-bond donors (Lipinski definition) is 1. The van der Waals surface area contributed by atoms with Crippen LogP contribution in [0.15, 0.2) is 103 Å². The smallest absolute Gasteiger partial charge is 0.261 e. The Morgan fingerprint density at radius 1 is 0.865 bits per heavy atom. The van der Waals surface area contributed by atoms with E-state index in [0.717, 1.165) is 11.1 Å². The number of rotatable bonds is 10. The van der Waals surface area contributed by atoms with Gasteiger partial charge in [0.05, 0.1) is 5.02 Å². The fourth-order valence-corrected chi connectivity index (χ4v) is 4.11. The standard InChI is InChI=1S/C29H25Cl2N3O3/c30-24-14-12-21(13-15-24)19-34(27(35)20-37-26-11-5-4-10-25(26)31)28(23-8-2-1-3-9-23)29(36)33-18-22-7-6-16-32-17-22/h1-17,28H,18-20H2,(H,33,36)/t28-/m0/s1. The van der Waals surface area contributed by atoms with Crippen molar-refractivity contribution in [3.63, 3.8) is 0 Å². The lowest BCUT2D eigenvalue weighted by molar-refractivity contribution is -0.143. The maximum absolute atomic E-state index is 13.6. The maximum Gasteiger partial charge on any atom is 0.261 e. The Balaban J connectivity index is 1.63. The van der Waals surface area contributed by atoms with Crippen molar-refractivity contribution in [2.75, 3.05) is 6.61 Å². The Labute approximate surface area is 225 Å². The van der Waals surface area contributed by atoms with E-state index in [1.807, 2.05) is 48.5 Å². The fourth-order valence-electron chi connectivity index (χ4n) is 3.79. The van der Waals surface area contributed by atoms with Gasteiger partial charge in [-0.05, 0) is 47.0 Å². The molecule has 1 aromatic heterocycles. The van der Waals surface area contributed by atoms with Gasteiger partial charge in [-0.25, -0.2) is 0 Å². The zero-order chi connectivity index (χ0) is 26.0. The van der Waals surface area contributed by atoms with Gasteiger partial charge < -0.3 is 15.0 Å². The average Bonchev–Trinajstić information content (AvgIpc) is 2.93. The summed E-state index contributed by atoms with van der Waals surface area (Å²) >= 11 is 12.3. The van der Waals surface area contributed by atoms with Crippen molar-refractivity contribution in [2.45, 2.75) is 19.1 Å². The molecule has 0 saturated heterocycles. The molecule has 0 fully saturated rings. The quantitative estimate of drug-likeness (QED) is 0.277. The Bertz CT molecular complexity index is 1320. The number of aromatic nitrogens is 1. The Morgan fingerprint density at radius 2 is 1.59 bits per heavy atom. The second kappa shape index (κ2) is 12.9. The molecular weight excluding hydrogens is 509 g/mol. The van der Waals surface area contributed by atoms with Crippen LogP contribution in [0.25, 0.3) is 0 Å². The van der Waals surface area contributed by atoms with E-state index in [-0.39, 0.29) is 31.5 Å². The van der Waals surface area contributed by atoms with Crippen LogP contribution in [0.5, 0.6) is 5.75 Å². The van der Waals surface area contributed by atoms with Gasteiger partial charge in [-0.1, -0.05) is 83.9 Å². The number of benzene rings is 3. The lowest BCUT2D eigenvalue weighted by atomic mass is 10.0. The number of pyridine rings is 1. The summed E-state index contributed by atoms with van der Waals surface area (Å²) < 4.78 is 5.75. The van der Waals surface area contributed by atoms with Crippen LogP contribution in [0.1, 0.15) is 22.7 Å². The summed E-state index contributed by atoms with van der Waals surface area (Å²) in [5.74, 6) is -0.309. The summed E-state index contributed by atoms with van der Waals surface area (Å²) in [5, 5.41) is 3.93. The number of ether oxygens (including phenoxy) is 1. The molecule has 188 valence electrons. The van der Waals surface area contributed by atoms with E-state index >= 15 is 0 Å². The second-order valence-electron chi connectivity index (χ2n) is 8.26. The van der Waals surface area contributed by atoms with Gasteiger partial charge in [-0.3, -0.25) is 14.6 Å². The van der Waals surface area contributed by atoms with E-state index in [2.05, 4.69) is 10.3 Å². The zero-order valence-corrected chi connectivity index (χ0v) is 21.4. The van der Waals surface area contributed by atoms with E-state index in [0.29, 0.717) is 21.4 Å². The van der Waals surface area contributed by atoms with Gasteiger partial charge in [0.25, 0.3) is 5.91 Å². The number of hydrogen-bond acceptors (Lipinski definition) is 4. The highest BCUT2D eigenvalue weighted by atomic mass is 35.5. The first-order chi connectivity index (χ1) is 18.0. The lowest BCUT2D eigenvalue weighted by Gasteiger charge is -2.31. The third kappa shape index (κ3) is 7.32. The zero-order valence-electron chi connectivity index (χ0n) is 19.9. The molecule has 37 heavy (non-hydrogen) atoms. The molecule has 6 nitrogen and oxygen atoms in total. The van der Waals surface area contributed by atoms with Crippen molar-refractivity contribution in [1.82, 2.24) is 15.2 Å². The van der Waals surface area contributed by atoms with Crippen LogP contribution in [0.4, 0.5) is 0 Å². The van der Waals surface area contributed by atoms with E-state index in [1.54, 1.807) is 54.9 Å². The van der Waals surface area contributed by atoms with E-state index in [4.69, 9.17) is 27.9 Å². The molecule has 0 saturated carbocycles. The summed E-state index contributed by atoms with van der Waals surface area (Å²) in [7, 11) is 0. The van der Waals surface area contributed by atoms with Gasteiger partial charge in [0, 0.05) is 30.5 Å². The van der Waals surface area contributed by atoms with Gasteiger partial charge >= 0.3 is 0 Å². The summed E-state index contributed by atoms with van der Waals surface area (Å²) in [6.07, 6.45) is 3.36. The van der Waals surface area contributed by atoms with Crippen LogP contribution >= 0.6 is 23.2 Å². The molecule has 0 aliphatic carbocycles. The number of nitrogens with zero attached hydrogens (tertiary/aromatic N) is 2. The molecule has 8 heteroatoms. The molecule has 2 amide bonds. The first-order valence-electron chi connectivity index (χ1n) is 11.6. The molecule has 0 bridgehead atoms. The summed E-state index contributed by atoms with van der Waals surface area (Å²) in [6, 6.07) is 26.0. The van der Waals surface area contributed by atoms with E-state index < -0.39 is 6.04 Å². The monoisotopic (exact) mass is 533 g/mol. The van der Waals surface area contributed by atoms with Crippen LogP contribution in [0.3, 0.4) is 0 Å². The molecule has 1 N–H and O–H groups in total. The van der Waals surface area contributed by atoms with Crippen molar-refractivity contribution in [1.29, 1.82) is 0 Å². The molecule has 0 unspecified atom stereocenters. The van der Waals surface area contributed by atoms with Crippen LogP contribution in [-0.2, 0) is 22.7 Å². The number of halogens is 2. The molecule has 4 aromatic rings. The Kier molecular flexibility index (Phi) is 9.13. The Hall–Kier alpha value is -3.87. The summed E-state index contributed by atoms with van der Waals surface area (Å²) in [4.78, 5) is 32.9. The average molecular weight is 534 g/mol. The molecule has 0 aliphatic heterocycles. The Morgan fingerprint density at radius 3 is 2.30 bits per heavy atom. The van der Waals surface area contributed by atoms with Crippen LogP contribution in [0.2, 0.25) is 10.0 Å².